The molecule has 2 N–H and O–H groups in total. The van der Waals surface area contributed by atoms with E-state index in [0.717, 1.165) is 19.6 Å². The molecule has 1 fully saturated rings. The summed E-state index contributed by atoms with van der Waals surface area (Å²) in [6.07, 6.45) is 3.57. The Morgan fingerprint density at radius 3 is 2.50 bits per heavy atom. The normalized spacial score (nSPS) is 26.5. The average Bonchev–Trinajstić information content (AvgIpc) is 2.58. The standard InChI is InChI=1S/C10H21NO/c1-3-8(4-2)10(11)9-5-6-12-7-9/h8-10H,3-7,11H2,1-2H3. The molecule has 1 saturated heterocycles. The molecule has 1 rings (SSSR count). The maximum absolute atomic E-state index is 6.16. The highest BCUT2D eigenvalue weighted by molar-refractivity contribution is 4.81. The van der Waals surface area contributed by atoms with Crippen LogP contribution < -0.4 is 5.73 Å². The fourth-order valence-corrected chi connectivity index (χ4v) is 2.07. The van der Waals surface area contributed by atoms with Gasteiger partial charge in [-0.05, 0) is 18.3 Å². The molecule has 0 aliphatic carbocycles. The molecule has 12 heavy (non-hydrogen) atoms. The van der Waals surface area contributed by atoms with Crippen LogP contribution in [-0.4, -0.2) is 19.3 Å². The lowest BCUT2D eigenvalue weighted by molar-refractivity contribution is 0.171. The summed E-state index contributed by atoms with van der Waals surface area (Å²) in [5, 5.41) is 0. The third-order valence-electron chi connectivity index (χ3n) is 3.10. The second-order valence-corrected chi connectivity index (χ2v) is 3.78. The Labute approximate surface area is 75.5 Å². The van der Waals surface area contributed by atoms with Crippen LogP contribution in [0.2, 0.25) is 0 Å². The zero-order valence-electron chi connectivity index (χ0n) is 8.25. The third-order valence-corrected chi connectivity index (χ3v) is 3.10. The van der Waals surface area contributed by atoms with Gasteiger partial charge in [-0.25, -0.2) is 0 Å². The molecular weight excluding hydrogens is 150 g/mol. The fraction of sp³-hybridized carbons (Fsp3) is 1.00. The molecule has 2 atom stereocenters. The lowest BCUT2D eigenvalue weighted by Gasteiger charge is -2.25. The molecule has 1 aliphatic heterocycles. The minimum absolute atomic E-state index is 0.363. The predicted molar refractivity (Wildman–Crippen MR) is 51.0 cm³/mol. The van der Waals surface area contributed by atoms with Crippen LogP contribution in [-0.2, 0) is 4.74 Å². The van der Waals surface area contributed by atoms with Gasteiger partial charge in [0.15, 0.2) is 0 Å². The molecule has 0 radical (unpaired) electrons. The molecule has 72 valence electrons. The van der Waals surface area contributed by atoms with Crippen LogP contribution in [0.5, 0.6) is 0 Å². The Kier molecular flexibility index (Phi) is 4.02. The topological polar surface area (TPSA) is 35.2 Å². The highest BCUT2D eigenvalue weighted by Crippen LogP contribution is 2.23. The molecule has 0 amide bonds. The Balaban J connectivity index is 2.37. The third kappa shape index (κ3) is 2.20. The minimum atomic E-state index is 0.363. The van der Waals surface area contributed by atoms with Gasteiger partial charge < -0.3 is 10.5 Å². The van der Waals surface area contributed by atoms with Gasteiger partial charge in [0.1, 0.15) is 0 Å². The lowest BCUT2D eigenvalue weighted by atomic mass is 9.85. The largest absolute Gasteiger partial charge is 0.381 e. The molecule has 0 aromatic rings. The van der Waals surface area contributed by atoms with Crippen LogP contribution >= 0.6 is 0 Å². The van der Waals surface area contributed by atoms with Crippen molar-refractivity contribution in [3.8, 4) is 0 Å². The van der Waals surface area contributed by atoms with E-state index in [4.69, 9.17) is 10.5 Å². The number of rotatable bonds is 4. The molecule has 0 saturated carbocycles. The Hall–Kier alpha value is -0.0800. The lowest BCUT2D eigenvalue weighted by Crippen LogP contribution is -2.37. The van der Waals surface area contributed by atoms with Crippen molar-refractivity contribution in [1.29, 1.82) is 0 Å². The van der Waals surface area contributed by atoms with Gasteiger partial charge in [0.05, 0.1) is 6.61 Å². The van der Waals surface area contributed by atoms with Gasteiger partial charge in [0.2, 0.25) is 0 Å². The molecule has 0 spiro atoms. The summed E-state index contributed by atoms with van der Waals surface area (Å²) in [6.45, 7) is 6.25. The van der Waals surface area contributed by atoms with Crippen molar-refractivity contribution in [2.75, 3.05) is 13.2 Å². The van der Waals surface area contributed by atoms with E-state index in [2.05, 4.69) is 13.8 Å². The second-order valence-electron chi connectivity index (χ2n) is 3.78. The maximum Gasteiger partial charge on any atom is 0.0510 e. The van der Waals surface area contributed by atoms with Crippen LogP contribution in [0.3, 0.4) is 0 Å². The Morgan fingerprint density at radius 1 is 1.42 bits per heavy atom. The summed E-state index contributed by atoms with van der Waals surface area (Å²) in [5.74, 6) is 1.31. The highest BCUT2D eigenvalue weighted by Gasteiger charge is 2.27. The van der Waals surface area contributed by atoms with E-state index in [-0.39, 0.29) is 0 Å². The van der Waals surface area contributed by atoms with E-state index in [1.54, 1.807) is 0 Å². The van der Waals surface area contributed by atoms with Crippen molar-refractivity contribution in [1.82, 2.24) is 0 Å². The monoisotopic (exact) mass is 171 g/mol. The highest BCUT2D eigenvalue weighted by atomic mass is 16.5. The van der Waals surface area contributed by atoms with Gasteiger partial charge in [0, 0.05) is 12.6 Å². The summed E-state index contributed by atoms with van der Waals surface area (Å²) in [4.78, 5) is 0. The van der Waals surface area contributed by atoms with Crippen molar-refractivity contribution >= 4 is 0 Å². The van der Waals surface area contributed by atoms with Gasteiger partial charge in [-0.15, -0.1) is 0 Å². The van der Waals surface area contributed by atoms with E-state index in [1.807, 2.05) is 0 Å². The van der Waals surface area contributed by atoms with Crippen molar-refractivity contribution < 1.29 is 4.74 Å². The first-order valence-electron chi connectivity index (χ1n) is 5.12. The summed E-state index contributed by atoms with van der Waals surface area (Å²) in [7, 11) is 0. The molecule has 0 bridgehead atoms. The number of hydrogen-bond donors (Lipinski definition) is 1. The molecule has 1 heterocycles. The van der Waals surface area contributed by atoms with Crippen molar-refractivity contribution in [3.63, 3.8) is 0 Å². The predicted octanol–water partition coefficient (Wildman–Crippen LogP) is 1.79. The van der Waals surface area contributed by atoms with Crippen LogP contribution in [0.4, 0.5) is 0 Å². The minimum Gasteiger partial charge on any atom is -0.381 e. The van der Waals surface area contributed by atoms with E-state index in [0.29, 0.717) is 17.9 Å². The van der Waals surface area contributed by atoms with Crippen molar-refractivity contribution in [2.45, 2.75) is 39.2 Å². The Bertz CT molecular complexity index is 115. The molecule has 2 nitrogen and oxygen atoms in total. The second kappa shape index (κ2) is 4.83. The van der Waals surface area contributed by atoms with Crippen LogP contribution in [0.15, 0.2) is 0 Å². The van der Waals surface area contributed by atoms with E-state index in [9.17, 15) is 0 Å². The number of hydrogen-bond acceptors (Lipinski definition) is 2. The van der Waals surface area contributed by atoms with Crippen molar-refractivity contribution in [2.24, 2.45) is 17.6 Å². The van der Waals surface area contributed by atoms with Gasteiger partial charge in [-0.2, -0.15) is 0 Å². The van der Waals surface area contributed by atoms with E-state index < -0.39 is 0 Å². The number of nitrogens with two attached hydrogens (primary N) is 1. The van der Waals surface area contributed by atoms with Crippen LogP contribution in [0.1, 0.15) is 33.1 Å². The van der Waals surface area contributed by atoms with Gasteiger partial charge in [0.25, 0.3) is 0 Å². The molecular formula is C10H21NO. The first-order valence-corrected chi connectivity index (χ1v) is 5.12. The molecule has 2 unspecified atom stereocenters. The summed E-state index contributed by atoms with van der Waals surface area (Å²) < 4.78 is 5.34. The average molecular weight is 171 g/mol. The SMILES string of the molecule is CCC(CC)C(N)C1CCOC1. The molecule has 2 heteroatoms. The zero-order valence-corrected chi connectivity index (χ0v) is 8.25. The molecule has 0 aromatic carbocycles. The van der Waals surface area contributed by atoms with Gasteiger partial charge in [-0.1, -0.05) is 26.7 Å². The zero-order chi connectivity index (χ0) is 8.97. The van der Waals surface area contributed by atoms with Crippen LogP contribution in [0, 0.1) is 11.8 Å². The molecule has 0 aromatic heterocycles. The van der Waals surface area contributed by atoms with Gasteiger partial charge in [-0.3, -0.25) is 0 Å². The maximum atomic E-state index is 6.16. The summed E-state index contributed by atoms with van der Waals surface area (Å²) in [6, 6.07) is 0.363. The quantitative estimate of drug-likeness (QED) is 0.700. The fourth-order valence-electron chi connectivity index (χ4n) is 2.07. The Morgan fingerprint density at radius 2 is 2.08 bits per heavy atom. The number of ether oxygens (including phenoxy) is 1. The van der Waals surface area contributed by atoms with Gasteiger partial charge >= 0.3 is 0 Å². The van der Waals surface area contributed by atoms with Crippen molar-refractivity contribution in [3.05, 3.63) is 0 Å². The summed E-state index contributed by atoms with van der Waals surface area (Å²) in [5.41, 5.74) is 6.16. The molecule has 1 aliphatic rings. The van der Waals surface area contributed by atoms with Crippen LogP contribution in [0.25, 0.3) is 0 Å². The smallest absolute Gasteiger partial charge is 0.0510 e. The summed E-state index contributed by atoms with van der Waals surface area (Å²) >= 11 is 0. The first kappa shape index (κ1) is 10.0. The van der Waals surface area contributed by atoms with E-state index >= 15 is 0 Å². The van der Waals surface area contributed by atoms with E-state index in [1.165, 1.54) is 12.8 Å². The first-order chi connectivity index (χ1) is 5.79.